The molecular formula is C20H24F3N3. The minimum Gasteiger partial charge on any atom is -0.378 e. The second-order valence-corrected chi connectivity index (χ2v) is 6.87. The number of halogens is 3. The number of benzene rings is 2. The molecule has 1 fully saturated rings. The van der Waals surface area contributed by atoms with Crippen LogP contribution in [0.4, 0.5) is 24.5 Å². The SMILES string of the molecule is CN(C)c1ccc(CN2CCN(c3ccc(C(F)(F)F)cc3)CC2)cc1. The van der Waals surface area contributed by atoms with Crippen molar-refractivity contribution >= 4 is 11.4 Å². The predicted molar refractivity (Wildman–Crippen MR) is 99.7 cm³/mol. The van der Waals surface area contributed by atoms with E-state index in [0.717, 1.165) is 50.5 Å². The van der Waals surface area contributed by atoms with Crippen molar-refractivity contribution < 1.29 is 13.2 Å². The zero-order chi connectivity index (χ0) is 18.7. The van der Waals surface area contributed by atoms with Crippen LogP contribution in [0.2, 0.25) is 0 Å². The monoisotopic (exact) mass is 363 g/mol. The molecule has 0 N–H and O–H groups in total. The maximum atomic E-state index is 12.7. The molecule has 26 heavy (non-hydrogen) atoms. The Balaban J connectivity index is 1.54. The Morgan fingerprint density at radius 1 is 0.846 bits per heavy atom. The number of rotatable bonds is 4. The summed E-state index contributed by atoms with van der Waals surface area (Å²) in [7, 11) is 4.05. The van der Waals surface area contributed by atoms with Gasteiger partial charge in [-0.05, 0) is 42.0 Å². The van der Waals surface area contributed by atoms with E-state index < -0.39 is 11.7 Å². The summed E-state index contributed by atoms with van der Waals surface area (Å²) in [6.07, 6.45) is -4.28. The largest absolute Gasteiger partial charge is 0.416 e. The summed E-state index contributed by atoms with van der Waals surface area (Å²) in [4.78, 5) is 6.60. The standard InChI is InChI=1S/C20H24F3N3/c1-24(2)18-7-3-16(4-8-18)15-25-11-13-26(14-12-25)19-9-5-17(6-10-19)20(21,22)23/h3-10H,11-15H2,1-2H3. The van der Waals surface area contributed by atoms with Crippen LogP contribution in [-0.4, -0.2) is 45.2 Å². The van der Waals surface area contributed by atoms with E-state index in [4.69, 9.17) is 0 Å². The first-order valence-electron chi connectivity index (χ1n) is 8.74. The highest BCUT2D eigenvalue weighted by atomic mass is 19.4. The smallest absolute Gasteiger partial charge is 0.378 e. The molecule has 0 amide bonds. The predicted octanol–water partition coefficient (Wildman–Crippen LogP) is 4.09. The Morgan fingerprint density at radius 2 is 1.42 bits per heavy atom. The maximum Gasteiger partial charge on any atom is 0.416 e. The van der Waals surface area contributed by atoms with Crippen LogP contribution in [0.15, 0.2) is 48.5 Å². The third-order valence-corrected chi connectivity index (χ3v) is 4.79. The highest BCUT2D eigenvalue weighted by Crippen LogP contribution is 2.30. The average Bonchev–Trinajstić information content (AvgIpc) is 2.62. The van der Waals surface area contributed by atoms with Gasteiger partial charge in [0.1, 0.15) is 0 Å². The van der Waals surface area contributed by atoms with Crippen molar-refractivity contribution in [1.29, 1.82) is 0 Å². The molecule has 0 aromatic heterocycles. The first-order valence-corrected chi connectivity index (χ1v) is 8.74. The molecule has 0 radical (unpaired) electrons. The summed E-state index contributed by atoms with van der Waals surface area (Å²) >= 11 is 0. The summed E-state index contributed by atoms with van der Waals surface area (Å²) < 4.78 is 38.0. The molecule has 3 rings (SSSR count). The van der Waals surface area contributed by atoms with Crippen LogP contribution in [0.25, 0.3) is 0 Å². The molecule has 1 heterocycles. The van der Waals surface area contributed by atoms with E-state index >= 15 is 0 Å². The molecule has 0 atom stereocenters. The lowest BCUT2D eigenvalue weighted by Gasteiger charge is -2.36. The fourth-order valence-electron chi connectivity index (χ4n) is 3.18. The van der Waals surface area contributed by atoms with Crippen LogP contribution in [0.1, 0.15) is 11.1 Å². The normalized spacial score (nSPS) is 16.0. The number of hydrogen-bond acceptors (Lipinski definition) is 3. The van der Waals surface area contributed by atoms with Gasteiger partial charge in [0, 0.05) is 58.2 Å². The zero-order valence-electron chi connectivity index (χ0n) is 15.1. The quantitative estimate of drug-likeness (QED) is 0.810. The molecule has 0 unspecified atom stereocenters. The third kappa shape index (κ3) is 4.49. The highest BCUT2D eigenvalue weighted by Gasteiger charge is 2.30. The fourth-order valence-corrected chi connectivity index (χ4v) is 3.18. The molecule has 1 aliphatic rings. The van der Waals surface area contributed by atoms with Crippen LogP contribution >= 0.6 is 0 Å². The molecule has 0 aliphatic carbocycles. The van der Waals surface area contributed by atoms with Gasteiger partial charge >= 0.3 is 6.18 Å². The van der Waals surface area contributed by atoms with Crippen molar-refractivity contribution in [3.8, 4) is 0 Å². The Kier molecular flexibility index (Phi) is 5.41. The van der Waals surface area contributed by atoms with Gasteiger partial charge in [-0.2, -0.15) is 13.2 Å². The van der Waals surface area contributed by atoms with E-state index in [1.807, 2.05) is 14.1 Å². The van der Waals surface area contributed by atoms with E-state index in [1.165, 1.54) is 11.3 Å². The molecule has 1 saturated heterocycles. The van der Waals surface area contributed by atoms with Gasteiger partial charge in [0.2, 0.25) is 0 Å². The van der Waals surface area contributed by atoms with Gasteiger partial charge in [-0.1, -0.05) is 12.1 Å². The van der Waals surface area contributed by atoms with E-state index in [-0.39, 0.29) is 0 Å². The number of anilines is 2. The van der Waals surface area contributed by atoms with Crippen molar-refractivity contribution in [1.82, 2.24) is 4.90 Å². The Labute approximate surface area is 152 Å². The van der Waals surface area contributed by atoms with Gasteiger partial charge in [0.25, 0.3) is 0 Å². The molecular weight excluding hydrogens is 339 g/mol. The Bertz CT molecular complexity index is 701. The van der Waals surface area contributed by atoms with E-state index in [1.54, 1.807) is 12.1 Å². The van der Waals surface area contributed by atoms with Crippen LogP contribution in [-0.2, 0) is 12.7 Å². The van der Waals surface area contributed by atoms with Crippen molar-refractivity contribution in [3.05, 3.63) is 59.7 Å². The molecule has 1 aliphatic heterocycles. The zero-order valence-corrected chi connectivity index (χ0v) is 15.1. The summed E-state index contributed by atoms with van der Waals surface area (Å²) in [5, 5.41) is 0. The van der Waals surface area contributed by atoms with E-state index in [2.05, 4.69) is 39.0 Å². The third-order valence-electron chi connectivity index (χ3n) is 4.79. The summed E-state index contributed by atoms with van der Waals surface area (Å²) in [5.74, 6) is 0. The minimum atomic E-state index is -4.28. The average molecular weight is 363 g/mol. The van der Waals surface area contributed by atoms with Crippen LogP contribution in [0.5, 0.6) is 0 Å². The molecule has 0 spiro atoms. The second kappa shape index (κ2) is 7.58. The van der Waals surface area contributed by atoms with Gasteiger partial charge in [-0.3, -0.25) is 4.90 Å². The van der Waals surface area contributed by atoms with Crippen LogP contribution in [0.3, 0.4) is 0 Å². The molecule has 0 bridgehead atoms. The summed E-state index contributed by atoms with van der Waals surface area (Å²) in [6.45, 7) is 4.34. The van der Waals surface area contributed by atoms with Crippen molar-refractivity contribution in [2.24, 2.45) is 0 Å². The highest BCUT2D eigenvalue weighted by molar-refractivity contribution is 5.49. The van der Waals surface area contributed by atoms with Crippen LogP contribution in [0, 0.1) is 0 Å². The lowest BCUT2D eigenvalue weighted by atomic mass is 10.1. The first-order chi connectivity index (χ1) is 12.3. The van der Waals surface area contributed by atoms with Gasteiger partial charge in [-0.25, -0.2) is 0 Å². The van der Waals surface area contributed by atoms with Crippen LogP contribution < -0.4 is 9.80 Å². The molecule has 2 aromatic rings. The lowest BCUT2D eigenvalue weighted by Crippen LogP contribution is -2.45. The summed E-state index contributed by atoms with van der Waals surface area (Å²) in [5.41, 5.74) is 2.72. The number of nitrogens with zero attached hydrogens (tertiary/aromatic N) is 3. The molecule has 2 aromatic carbocycles. The van der Waals surface area contributed by atoms with Gasteiger partial charge in [0.05, 0.1) is 5.56 Å². The van der Waals surface area contributed by atoms with E-state index in [9.17, 15) is 13.2 Å². The van der Waals surface area contributed by atoms with Crippen molar-refractivity contribution in [3.63, 3.8) is 0 Å². The van der Waals surface area contributed by atoms with Gasteiger partial charge < -0.3 is 9.80 Å². The lowest BCUT2D eigenvalue weighted by molar-refractivity contribution is -0.137. The van der Waals surface area contributed by atoms with Crippen molar-refractivity contribution in [2.45, 2.75) is 12.7 Å². The Morgan fingerprint density at radius 3 is 1.92 bits per heavy atom. The van der Waals surface area contributed by atoms with Gasteiger partial charge in [0.15, 0.2) is 0 Å². The molecule has 0 saturated carbocycles. The molecule has 3 nitrogen and oxygen atoms in total. The molecule has 6 heteroatoms. The topological polar surface area (TPSA) is 9.72 Å². The number of hydrogen-bond donors (Lipinski definition) is 0. The minimum absolute atomic E-state index is 0.596. The fraction of sp³-hybridized carbons (Fsp3) is 0.400. The Hall–Kier alpha value is -2.21. The second-order valence-electron chi connectivity index (χ2n) is 6.87. The first kappa shape index (κ1) is 18.6. The maximum absolute atomic E-state index is 12.7. The van der Waals surface area contributed by atoms with E-state index in [0.29, 0.717) is 0 Å². The van der Waals surface area contributed by atoms with Crippen molar-refractivity contribution in [2.75, 3.05) is 50.1 Å². The number of piperazine rings is 1. The number of alkyl halides is 3. The summed E-state index contributed by atoms with van der Waals surface area (Å²) in [6, 6.07) is 14.0. The molecule has 140 valence electrons. The van der Waals surface area contributed by atoms with Gasteiger partial charge in [-0.15, -0.1) is 0 Å².